The summed E-state index contributed by atoms with van der Waals surface area (Å²) in [5.41, 5.74) is 3.26. The minimum Gasteiger partial charge on any atom is -0.353 e. The van der Waals surface area contributed by atoms with Crippen LogP contribution in [0, 0.1) is 25.2 Å². The lowest BCUT2D eigenvalue weighted by Crippen LogP contribution is -2.48. The van der Waals surface area contributed by atoms with Gasteiger partial charge in [-0.3, -0.25) is 4.79 Å². The van der Waals surface area contributed by atoms with Gasteiger partial charge in [0.15, 0.2) is 0 Å². The van der Waals surface area contributed by atoms with Crippen LogP contribution in [0.1, 0.15) is 23.9 Å². The third-order valence-electron chi connectivity index (χ3n) is 5.24. The van der Waals surface area contributed by atoms with Crippen molar-refractivity contribution in [1.29, 1.82) is 5.26 Å². The van der Waals surface area contributed by atoms with Crippen molar-refractivity contribution in [3.8, 4) is 12.0 Å². The molecule has 0 aliphatic carbocycles. The highest BCUT2D eigenvalue weighted by Crippen LogP contribution is 2.23. The zero-order valence-corrected chi connectivity index (χ0v) is 17.8. The van der Waals surface area contributed by atoms with E-state index in [9.17, 15) is 4.79 Å². The molecule has 3 heterocycles. The minimum atomic E-state index is 0.0915. The molecule has 1 fully saturated rings. The van der Waals surface area contributed by atoms with Gasteiger partial charge in [-0.1, -0.05) is 0 Å². The fourth-order valence-electron chi connectivity index (χ4n) is 3.60. The first-order chi connectivity index (χ1) is 14.9. The molecule has 31 heavy (non-hydrogen) atoms. The van der Waals surface area contributed by atoms with Crippen molar-refractivity contribution in [2.75, 3.05) is 36.4 Å². The number of nitrogens with zero attached hydrogens (tertiary/aromatic N) is 7. The predicted molar refractivity (Wildman–Crippen MR) is 118 cm³/mol. The molecule has 1 aliphatic heterocycles. The van der Waals surface area contributed by atoms with Crippen molar-refractivity contribution in [2.24, 2.45) is 0 Å². The Hall–Kier alpha value is -3.93. The van der Waals surface area contributed by atoms with E-state index in [0.29, 0.717) is 43.5 Å². The molecule has 9 heteroatoms. The van der Waals surface area contributed by atoms with Crippen LogP contribution < -0.4 is 10.2 Å². The smallest absolute Gasteiger partial charge is 0.254 e. The van der Waals surface area contributed by atoms with Crippen molar-refractivity contribution < 1.29 is 4.79 Å². The first kappa shape index (κ1) is 20.3. The van der Waals surface area contributed by atoms with Crippen molar-refractivity contribution >= 4 is 23.2 Å². The first-order valence-electron chi connectivity index (χ1n) is 10.1. The summed E-state index contributed by atoms with van der Waals surface area (Å²) >= 11 is 0. The number of nitriles is 1. The molecule has 4 rings (SSSR count). The van der Waals surface area contributed by atoms with Gasteiger partial charge in [0.2, 0.25) is 5.91 Å². The van der Waals surface area contributed by atoms with Crippen LogP contribution in [0.3, 0.4) is 0 Å². The summed E-state index contributed by atoms with van der Waals surface area (Å²) in [6, 6.07) is 13.2. The number of nitrogens with one attached hydrogen (secondary N) is 1. The Labute approximate surface area is 180 Å². The van der Waals surface area contributed by atoms with Crippen LogP contribution in [-0.2, 0) is 4.79 Å². The number of aromatic nitrogens is 4. The zero-order chi connectivity index (χ0) is 22.0. The number of carbonyl (C=O) groups is 1. The Morgan fingerprint density at radius 1 is 1.06 bits per heavy atom. The molecule has 0 spiro atoms. The van der Waals surface area contributed by atoms with Gasteiger partial charge in [-0.2, -0.15) is 20.3 Å². The van der Waals surface area contributed by atoms with E-state index in [1.807, 2.05) is 43.0 Å². The van der Waals surface area contributed by atoms with Crippen molar-refractivity contribution in [3.63, 3.8) is 0 Å². The van der Waals surface area contributed by atoms with E-state index >= 15 is 0 Å². The van der Waals surface area contributed by atoms with Gasteiger partial charge in [0.1, 0.15) is 11.6 Å². The monoisotopic (exact) mass is 416 g/mol. The highest BCUT2D eigenvalue weighted by Gasteiger charge is 2.21. The topological polar surface area (TPSA) is 103 Å². The third kappa shape index (κ3) is 4.48. The fourth-order valence-corrected chi connectivity index (χ4v) is 3.60. The Kier molecular flexibility index (Phi) is 5.54. The fraction of sp³-hybridized carbons (Fsp3) is 0.318. The number of rotatable bonds is 4. The van der Waals surface area contributed by atoms with E-state index in [2.05, 4.69) is 26.4 Å². The van der Waals surface area contributed by atoms with Gasteiger partial charge in [-0.15, -0.1) is 0 Å². The highest BCUT2D eigenvalue weighted by atomic mass is 16.2. The quantitative estimate of drug-likeness (QED) is 0.697. The molecule has 0 unspecified atom stereocenters. The molecule has 0 bridgehead atoms. The van der Waals surface area contributed by atoms with E-state index in [4.69, 9.17) is 10.2 Å². The number of amides is 1. The summed E-state index contributed by atoms with van der Waals surface area (Å²) in [6.07, 6.45) is 0. The largest absolute Gasteiger partial charge is 0.353 e. The zero-order valence-electron chi connectivity index (χ0n) is 17.8. The summed E-state index contributed by atoms with van der Waals surface area (Å²) in [7, 11) is 0. The molecule has 9 nitrogen and oxygen atoms in total. The van der Waals surface area contributed by atoms with E-state index in [-0.39, 0.29) is 5.91 Å². The molecule has 1 saturated heterocycles. The van der Waals surface area contributed by atoms with Crippen LogP contribution in [-0.4, -0.2) is 56.7 Å². The predicted octanol–water partition coefficient (Wildman–Crippen LogP) is 2.56. The van der Waals surface area contributed by atoms with Gasteiger partial charge in [-0.05, 0) is 44.2 Å². The number of aryl methyl sites for hydroxylation is 2. The molecule has 1 N–H and O–H groups in total. The summed E-state index contributed by atoms with van der Waals surface area (Å²) in [5, 5.41) is 16.8. The third-order valence-corrected chi connectivity index (χ3v) is 5.24. The molecule has 0 radical (unpaired) electrons. The second-order valence-electron chi connectivity index (χ2n) is 7.56. The maximum Gasteiger partial charge on any atom is 0.254 e. The number of carbonyl (C=O) groups excluding carboxylic acids is 1. The summed E-state index contributed by atoms with van der Waals surface area (Å²) < 4.78 is 1.73. The number of piperazine rings is 1. The van der Waals surface area contributed by atoms with E-state index < -0.39 is 0 Å². The average Bonchev–Trinajstić information content (AvgIpc) is 3.12. The van der Waals surface area contributed by atoms with Crippen molar-refractivity contribution in [2.45, 2.75) is 20.8 Å². The number of hydrogen-bond donors (Lipinski definition) is 1. The SMILES string of the molecule is CC(=O)N1CCN(c2cc(Nc3ccc(C#N)cc3)nc(-n3nc(C)cc3C)n2)CC1. The van der Waals surface area contributed by atoms with Gasteiger partial charge in [-0.25, -0.2) is 4.68 Å². The lowest BCUT2D eigenvalue weighted by atomic mass is 10.2. The molecule has 3 aromatic rings. The van der Waals surface area contributed by atoms with Gasteiger partial charge >= 0.3 is 0 Å². The standard InChI is InChI=1S/C22H24N8O/c1-15-12-16(2)30(27-15)22-25-20(24-19-6-4-18(14-23)5-7-19)13-21(26-22)29-10-8-28(9-11-29)17(3)31/h4-7,12-13H,8-11H2,1-3H3,(H,24,25,26). The molecule has 1 aliphatic rings. The normalized spacial score (nSPS) is 13.7. The number of benzene rings is 1. The van der Waals surface area contributed by atoms with Crippen LogP contribution in [0.2, 0.25) is 0 Å². The van der Waals surface area contributed by atoms with Crippen molar-refractivity contribution in [1.82, 2.24) is 24.6 Å². The Morgan fingerprint density at radius 3 is 2.35 bits per heavy atom. The van der Waals surface area contributed by atoms with Gasteiger partial charge in [0, 0.05) is 50.6 Å². The lowest BCUT2D eigenvalue weighted by molar-refractivity contribution is -0.129. The summed E-state index contributed by atoms with van der Waals surface area (Å²) in [4.78, 5) is 25.1. The first-order valence-corrected chi connectivity index (χ1v) is 10.1. The maximum absolute atomic E-state index is 11.7. The second-order valence-corrected chi connectivity index (χ2v) is 7.56. The van der Waals surface area contributed by atoms with E-state index in [0.717, 1.165) is 22.9 Å². The maximum atomic E-state index is 11.7. The van der Waals surface area contributed by atoms with Crippen molar-refractivity contribution in [3.05, 3.63) is 53.3 Å². The molecule has 2 aromatic heterocycles. The van der Waals surface area contributed by atoms with Crippen LogP contribution in [0.25, 0.3) is 5.95 Å². The molecular formula is C22H24N8O. The Balaban J connectivity index is 1.68. The van der Waals surface area contributed by atoms with Crippen LogP contribution in [0.15, 0.2) is 36.4 Å². The highest BCUT2D eigenvalue weighted by molar-refractivity contribution is 5.73. The summed E-state index contributed by atoms with van der Waals surface area (Å²) in [6.45, 7) is 8.22. The van der Waals surface area contributed by atoms with E-state index in [1.54, 1.807) is 23.7 Å². The average molecular weight is 416 g/mol. The molecule has 158 valence electrons. The van der Waals surface area contributed by atoms with Crippen LogP contribution in [0.5, 0.6) is 0 Å². The number of hydrogen-bond acceptors (Lipinski definition) is 7. The second kappa shape index (κ2) is 8.44. The molecule has 1 aromatic carbocycles. The molecule has 1 amide bonds. The lowest BCUT2D eigenvalue weighted by Gasteiger charge is -2.35. The molecule has 0 saturated carbocycles. The van der Waals surface area contributed by atoms with E-state index in [1.165, 1.54) is 0 Å². The summed E-state index contributed by atoms with van der Waals surface area (Å²) in [5.74, 6) is 1.98. The Morgan fingerprint density at radius 2 is 1.77 bits per heavy atom. The Bertz CT molecular complexity index is 1140. The van der Waals surface area contributed by atoms with Gasteiger partial charge < -0.3 is 15.1 Å². The van der Waals surface area contributed by atoms with Gasteiger partial charge in [0.05, 0.1) is 17.3 Å². The molecular weight excluding hydrogens is 392 g/mol. The molecule has 0 atom stereocenters. The van der Waals surface area contributed by atoms with Crippen LogP contribution >= 0.6 is 0 Å². The number of anilines is 3. The van der Waals surface area contributed by atoms with Gasteiger partial charge in [0.25, 0.3) is 5.95 Å². The van der Waals surface area contributed by atoms with Crippen LogP contribution in [0.4, 0.5) is 17.3 Å². The minimum absolute atomic E-state index is 0.0915.